The van der Waals surface area contributed by atoms with Crippen LogP contribution in [0.2, 0.25) is 5.02 Å². The fourth-order valence-corrected chi connectivity index (χ4v) is 4.46. The van der Waals surface area contributed by atoms with Gasteiger partial charge in [-0.15, -0.1) is 11.6 Å². The predicted molar refractivity (Wildman–Crippen MR) is 87.2 cm³/mol. The van der Waals surface area contributed by atoms with Crippen molar-refractivity contribution in [3.63, 3.8) is 0 Å². The van der Waals surface area contributed by atoms with E-state index < -0.39 is 0 Å². The van der Waals surface area contributed by atoms with Gasteiger partial charge in [0.05, 0.1) is 23.0 Å². The Bertz CT molecular complexity index is 667. The summed E-state index contributed by atoms with van der Waals surface area (Å²) in [6.45, 7) is 2.43. The SMILES string of the molecule is ClCc1nc2ccc(Cl)cc2n1C1CCN2CCCCC12. The number of piperidine rings is 1. The van der Waals surface area contributed by atoms with Crippen LogP contribution in [-0.4, -0.2) is 33.6 Å². The van der Waals surface area contributed by atoms with Gasteiger partial charge in [0.25, 0.3) is 0 Å². The van der Waals surface area contributed by atoms with Crippen LogP contribution in [0.1, 0.15) is 37.5 Å². The monoisotopic (exact) mass is 323 g/mol. The Morgan fingerprint density at radius 2 is 2.05 bits per heavy atom. The first-order chi connectivity index (χ1) is 10.3. The van der Waals surface area contributed by atoms with E-state index in [1.54, 1.807) is 0 Å². The van der Waals surface area contributed by atoms with Gasteiger partial charge in [0.1, 0.15) is 5.82 Å². The van der Waals surface area contributed by atoms with Crippen LogP contribution in [0, 0.1) is 0 Å². The van der Waals surface area contributed by atoms with E-state index in [9.17, 15) is 0 Å². The van der Waals surface area contributed by atoms with E-state index in [4.69, 9.17) is 28.2 Å². The van der Waals surface area contributed by atoms with Crippen molar-refractivity contribution in [2.24, 2.45) is 0 Å². The molecule has 1 aromatic carbocycles. The normalized spacial score (nSPS) is 26.4. The molecule has 3 heterocycles. The maximum absolute atomic E-state index is 6.20. The number of alkyl halides is 1. The Kier molecular flexibility index (Phi) is 3.60. The number of imidazole rings is 1. The second-order valence-corrected chi connectivity index (χ2v) is 6.82. The molecule has 0 bridgehead atoms. The fourth-order valence-electron chi connectivity index (χ4n) is 4.10. The number of aromatic nitrogens is 2. The van der Waals surface area contributed by atoms with E-state index in [0.717, 1.165) is 21.9 Å². The van der Waals surface area contributed by atoms with Gasteiger partial charge in [0.15, 0.2) is 0 Å². The quantitative estimate of drug-likeness (QED) is 0.771. The lowest BCUT2D eigenvalue weighted by Gasteiger charge is -2.33. The molecule has 0 saturated carbocycles. The molecule has 2 aliphatic rings. The lowest BCUT2D eigenvalue weighted by atomic mass is 9.98. The molecule has 2 fully saturated rings. The zero-order valence-electron chi connectivity index (χ0n) is 11.9. The smallest absolute Gasteiger partial charge is 0.125 e. The van der Waals surface area contributed by atoms with E-state index in [0.29, 0.717) is 18.0 Å². The first kappa shape index (κ1) is 13.9. The number of rotatable bonds is 2. The van der Waals surface area contributed by atoms with Crippen molar-refractivity contribution in [2.75, 3.05) is 13.1 Å². The number of hydrogen-bond acceptors (Lipinski definition) is 2. The lowest BCUT2D eigenvalue weighted by molar-refractivity contribution is 0.174. The minimum Gasteiger partial charge on any atom is -0.322 e. The van der Waals surface area contributed by atoms with Crippen LogP contribution in [-0.2, 0) is 5.88 Å². The third-order valence-corrected chi connectivity index (χ3v) is 5.47. The summed E-state index contributed by atoms with van der Waals surface area (Å²) in [5, 5.41) is 0.767. The van der Waals surface area contributed by atoms with E-state index >= 15 is 0 Å². The Balaban J connectivity index is 1.83. The zero-order valence-corrected chi connectivity index (χ0v) is 13.4. The van der Waals surface area contributed by atoms with E-state index in [2.05, 4.69) is 9.47 Å². The topological polar surface area (TPSA) is 21.1 Å². The summed E-state index contributed by atoms with van der Waals surface area (Å²) < 4.78 is 2.37. The predicted octanol–water partition coefficient (Wildman–Crippen LogP) is 4.23. The van der Waals surface area contributed by atoms with Crippen LogP contribution in [0.3, 0.4) is 0 Å². The van der Waals surface area contributed by atoms with E-state index in [-0.39, 0.29) is 0 Å². The highest BCUT2D eigenvalue weighted by molar-refractivity contribution is 6.31. The molecule has 0 radical (unpaired) electrons. The molecular weight excluding hydrogens is 305 g/mol. The van der Waals surface area contributed by atoms with Crippen LogP contribution in [0.15, 0.2) is 18.2 Å². The summed E-state index contributed by atoms with van der Waals surface area (Å²) in [5.74, 6) is 1.43. The molecule has 21 heavy (non-hydrogen) atoms. The first-order valence-corrected chi connectivity index (χ1v) is 8.65. The molecule has 112 valence electrons. The molecule has 0 spiro atoms. The highest BCUT2D eigenvalue weighted by atomic mass is 35.5. The summed E-state index contributed by atoms with van der Waals surface area (Å²) in [7, 11) is 0. The standard InChI is InChI=1S/C16H19Cl2N3/c17-10-16-19-12-5-4-11(18)9-15(12)21(16)14-6-8-20-7-2-1-3-13(14)20/h4-5,9,13-14H,1-3,6-8,10H2. The summed E-state index contributed by atoms with van der Waals surface area (Å²) >= 11 is 12.4. The van der Waals surface area contributed by atoms with Gasteiger partial charge in [0, 0.05) is 17.6 Å². The second kappa shape index (κ2) is 5.45. The third kappa shape index (κ3) is 2.26. The number of hydrogen-bond donors (Lipinski definition) is 0. The van der Waals surface area contributed by atoms with E-state index in [1.165, 1.54) is 38.8 Å². The number of fused-ring (bicyclic) bond motifs is 2. The molecule has 4 rings (SSSR count). The van der Waals surface area contributed by atoms with Gasteiger partial charge in [-0.3, -0.25) is 4.90 Å². The molecule has 5 heteroatoms. The van der Waals surface area contributed by atoms with Gasteiger partial charge < -0.3 is 4.57 Å². The number of nitrogens with zero attached hydrogens (tertiary/aromatic N) is 3. The lowest BCUT2D eigenvalue weighted by Crippen LogP contribution is -2.38. The summed E-state index contributed by atoms with van der Waals surface area (Å²) in [5.41, 5.74) is 2.14. The first-order valence-electron chi connectivity index (χ1n) is 7.74. The van der Waals surface area contributed by atoms with Gasteiger partial charge in [-0.05, 0) is 44.0 Å². The van der Waals surface area contributed by atoms with Gasteiger partial charge in [-0.1, -0.05) is 18.0 Å². The largest absolute Gasteiger partial charge is 0.322 e. The van der Waals surface area contributed by atoms with Gasteiger partial charge in [0.2, 0.25) is 0 Å². The van der Waals surface area contributed by atoms with Crippen LogP contribution >= 0.6 is 23.2 Å². The highest BCUT2D eigenvalue weighted by Gasteiger charge is 2.38. The van der Waals surface area contributed by atoms with Crippen molar-refractivity contribution in [3.8, 4) is 0 Å². The fraction of sp³-hybridized carbons (Fsp3) is 0.562. The molecular formula is C16H19Cl2N3. The average molecular weight is 324 g/mol. The maximum Gasteiger partial charge on any atom is 0.125 e. The summed E-state index contributed by atoms with van der Waals surface area (Å²) in [6, 6.07) is 7.06. The van der Waals surface area contributed by atoms with Crippen molar-refractivity contribution >= 4 is 34.2 Å². The van der Waals surface area contributed by atoms with Crippen molar-refractivity contribution < 1.29 is 0 Å². The molecule has 2 unspecified atom stereocenters. The Labute approximate surface area is 134 Å². The number of benzene rings is 1. The molecule has 1 aromatic heterocycles. The maximum atomic E-state index is 6.20. The molecule has 2 aliphatic heterocycles. The molecule has 2 aromatic rings. The Morgan fingerprint density at radius 1 is 1.14 bits per heavy atom. The van der Waals surface area contributed by atoms with Crippen LogP contribution in [0.25, 0.3) is 11.0 Å². The average Bonchev–Trinajstić information content (AvgIpc) is 3.07. The zero-order chi connectivity index (χ0) is 14.4. The molecule has 2 saturated heterocycles. The van der Waals surface area contributed by atoms with Gasteiger partial charge in [-0.25, -0.2) is 4.98 Å². The van der Waals surface area contributed by atoms with Gasteiger partial charge >= 0.3 is 0 Å². The van der Waals surface area contributed by atoms with E-state index in [1.807, 2.05) is 18.2 Å². The summed E-state index contributed by atoms with van der Waals surface area (Å²) in [6.07, 6.45) is 5.14. The highest BCUT2D eigenvalue weighted by Crippen LogP contribution is 2.38. The Hall–Kier alpha value is -0.770. The van der Waals surface area contributed by atoms with Crippen molar-refractivity contribution in [1.29, 1.82) is 0 Å². The second-order valence-electron chi connectivity index (χ2n) is 6.12. The molecule has 0 aliphatic carbocycles. The Morgan fingerprint density at radius 3 is 2.90 bits per heavy atom. The van der Waals surface area contributed by atoms with Crippen molar-refractivity contribution in [1.82, 2.24) is 14.5 Å². The molecule has 3 nitrogen and oxygen atoms in total. The summed E-state index contributed by atoms with van der Waals surface area (Å²) in [4.78, 5) is 7.35. The molecule has 0 N–H and O–H groups in total. The van der Waals surface area contributed by atoms with Crippen LogP contribution < -0.4 is 0 Å². The molecule has 2 atom stereocenters. The van der Waals surface area contributed by atoms with Gasteiger partial charge in [-0.2, -0.15) is 0 Å². The van der Waals surface area contributed by atoms with Crippen LogP contribution in [0.4, 0.5) is 0 Å². The van der Waals surface area contributed by atoms with Crippen molar-refractivity contribution in [2.45, 2.75) is 43.6 Å². The van der Waals surface area contributed by atoms with Crippen molar-refractivity contribution in [3.05, 3.63) is 29.0 Å². The minimum absolute atomic E-state index is 0.454. The van der Waals surface area contributed by atoms with Crippen LogP contribution in [0.5, 0.6) is 0 Å². The molecule has 0 amide bonds. The number of halogens is 2. The third-order valence-electron chi connectivity index (χ3n) is 5.00. The minimum atomic E-state index is 0.454.